The molecule has 1 unspecified atom stereocenters. The van der Waals surface area contributed by atoms with Crippen LogP contribution in [-0.2, 0) is 16.1 Å². The summed E-state index contributed by atoms with van der Waals surface area (Å²) in [6.07, 6.45) is -5.16. The Morgan fingerprint density at radius 1 is 1.07 bits per heavy atom. The number of carbonyl (C=O) groups excluding carboxylic acids is 1. The van der Waals surface area contributed by atoms with Crippen molar-refractivity contribution in [1.29, 1.82) is 0 Å². The number of aryl methyl sites for hydroxylation is 1. The van der Waals surface area contributed by atoms with E-state index < -0.39 is 24.9 Å². The SMILES string of the molecule is Cc1ccc(-c2nnc(C(C)OC(=O)c3ccc(COCC(F)(F)F)cc3)o2)cc1. The number of hydrogen-bond acceptors (Lipinski definition) is 6. The van der Waals surface area contributed by atoms with Crippen molar-refractivity contribution in [2.24, 2.45) is 0 Å². The van der Waals surface area contributed by atoms with Crippen LogP contribution in [0.3, 0.4) is 0 Å². The van der Waals surface area contributed by atoms with Crippen LogP contribution in [0.4, 0.5) is 13.2 Å². The van der Waals surface area contributed by atoms with Crippen molar-refractivity contribution >= 4 is 5.97 Å². The maximum absolute atomic E-state index is 12.3. The molecule has 0 saturated carbocycles. The van der Waals surface area contributed by atoms with E-state index in [9.17, 15) is 18.0 Å². The predicted molar refractivity (Wildman–Crippen MR) is 100 cm³/mol. The van der Waals surface area contributed by atoms with Gasteiger partial charge in [-0.05, 0) is 43.7 Å². The molecule has 1 atom stereocenters. The third-order valence-electron chi connectivity index (χ3n) is 4.09. The Bertz CT molecular complexity index is 983. The number of benzene rings is 2. The lowest BCUT2D eigenvalue weighted by atomic mass is 10.1. The molecular formula is C21H19F3N2O4. The number of alkyl halides is 3. The van der Waals surface area contributed by atoms with Gasteiger partial charge in [0.05, 0.1) is 12.2 Å². The minimum Gasteiger partial charge on any atom is -0.449 e. The average Bonchev–Trinajstić information content (AvgIpc) is 3.18. The highest BCUT2D eigenvalue weighted by atomic mass is 19.4. The van der Waals surface area contributed by atoms with Gasteiger partial charge in [0, 0.05) is 5.56 Å². The number of rotatable bonds is 7. The van der Waals surface area contributed by atoms with Crippen molar-refractivity contribution in [3.8, 4) is 11.5 Å². The Balaban J connectivity index is 1.57. The molecule has 0 fully saturated rings. The summed E-state index contributed by atoms with van der Waals surface area (Å²) in [5, 5.41) is 7.90. The van der Waals surface area contributed by atoms with Crippen molar-refractivity contribution in [3.63, 3.8) is 0 Å². The quantitative estimate of drug-likeness (QED) is 0.499. The maximum atomic E-state index is 12.3. The number of carbonyl (C=O) groups is 1. The first-order valence-electron chi connectivity index (χ1n) is 9.06. The molecular weight excluding hydrogens is 401 g/mol. The van der Waals surface area contributed by atoms with E-state index in [-0.39, 0.29) is 18.1 Å². The Labute approximate surface area is 170 Å². The zero-order chi connectivity index (χ0) is 21.7. The molecule has 0 saturated heterocycles. The minimum absolute atomic E-state index is 0.149. The lowest BCUT2D eigenvalue weighted by Gasteiger charge is -2.10. The first-order valence-corrected chi connectivity index (χ1v) is 9.06. The molecule has 6 nitrogen and oxygen atoms in total. The second-order valence-electron chi connectivity index (χ2n) is 6.66. The van der Waals surface area contributed by atoms with Gasteiger partial charge in [-0.1, -0.05) is 29.8 Å². The van der Waals surface area contributed by atoms with E-state index in [0.29, 0.717) is 11.5 Å². The normalized spacial score (nSPS) is 12.6. The van der Waals surface area contributed by atoms with Crippen molar-refractivity contribution < 1.29 is 31.9 Å². The lowest BCUT2D eigenvalue weighted by Crippen LogP contribution is -2.16. The van der Waals surface area contributed by atoms with Gasteiger partial charge in [-0.25, -0.2) is 4.79 Å². The van der Waals surface area contributed by atoms with Crippen molar-refractivity contribution in [3.05, 3.63) is 71.1 Å². The fourth-order valence-electron chi connectivity index (χ4n) is 2.51. The van der Waals surface area contributed by atoms with Crippen LogP contribution in [0.2, 0.25) is 0 Å². The van der Waals surface area contributed by atoms with Crippen LogP contribution < -0.4 is 0 Å². The molecule has 0 N–H and O–H groups in total. The molecule has 1 heterocycles. The molecule has 0 aliphatic heterocycles. The summed E-state index contributed by atoms with van der Waals surface area (Å²) < 4.78 is 51.8. The van der Waals surface area contributed by atoms with Crippen molar-refractivity contribution in [2.45, 2.75) is 32.7 Å². The summed E-state index contributed by atoms with van der Waals surface area (Å²) in [6.45, 7) is 2.02. The molecule has 0 aliphatic rings. The Hall–Kier alpha value is -3.20. The van der Waals surface area contributed by atoms with E-state index in [4.69, 9.17) is 9.15 Å². The van der Waals surface area contributed by atoms with Crippen LogP contribution in [0.5, 0.6) is 0 Å². The van der Waals surface area contributed by atoms with Gasteiger partial charge in [-0.2, -0.15) is 13.2 Å². The third-order valence-corrected chi connectivity index (χ3v) is 4.09. The van der Waals surface area contributed by atoms with E-state index in [1.807, 2.05) is 31.2 Å². The second kappa shape index (κ2) is 9.08. The van der Waals surface area contributed by atoms with Gasteiger partial charge in [0.2, 0.25) is 5.89 Å². The number of halogens is 3. The van der Waals surface area contributed by atoms with E-state index >= 15 is 0 Å². The maximum Gasteiger partial charge on any atom is 0.411 e. The van der Waals surface area contributed by atoms with E-state index in [1.54, 1.807) is 6.92 Å². The number of hydrogen-bond donors (Lipinski definition) is 0. The highest BCUT2D eigenvalue weighted by molar-refractivity contribution is 5.89. The molecule has 0 amide bonds. The monoisotopic (exact) mass is 420 g/mol. The molecule has 3 aromatic rings. The molecule has 1 aromatic heterocycles. The van der Waals surface area contributed by atoms with Gasteiger partial charge < -0.3 is 13.9 Å². The average molecular weight is 420 g/mol. The third kappa shape index (κ3) is 5.90. The number of nitrogens with zero attached hydrogens (tertiary/aromatic N) is 2. The molecule has 9 heteroatoms. The number of esters is 1. The molecule has 2 aromatic carbocycles. The summed E-state index contributed by atoms with van der Waals surface area (Å²) in [6, 6.07) is 13.4. The predicted octanol–water partition coefficient (Wildman–Crippen LogP) is 5.04. The Morgan fingerprint density at radius 2 is 1.73 bits per heavy atom. The Morgan fingerprint density at radius 3 is 2.37 bits per heavy atom. The van der Waals surface area contributed by atoms with E-state index in [1.165, 1.54) is 24.3 Å². The summed E-state index contributed by atoms with van der Waals surface area (Å²) in [5.74, 6) is -0.160. The minimum atomic E-state index is -4.38. The van der Waals surface area contributed by atoms with E-state index in [2.05, 4.69) is 14.9 Å². The van der Waals surface area contributed by atoms with Crippen molar-refractivity contribution in [2.75, 3.05) is 6.61 Å². The summed E-state index contributed by atoms with van der Waals surface area (Å²) in [5.41, 5.74) is 2.59. The summed E-state index contributed by atoms with van der Waals surface area (Å²) in [7, 11) is 0. The zero-order valence-corrected chi connectivity index (χ0v) is 16.3. The Kier molecular flexibility index (Phi) is 6.51. The number of ether oxygens (including phenoxy) is 2. The smallest absolute Gasteiger partial charge is 0.411 e. The zero-order valence-electron chi connectivity index (χ0n) is 16.3. The first kappa shape index (κ1) is 21.5. The van der Waals surface area contributed by atoms with Gasteiger partial charge in [0.15, 0.2) is 6.10 Å². The van der Waals surface area contributed by atoms with Gasteiger partial charge in [0.25, 0.3) is 5.89 Å². The van der Waals surface area contributed by atoms with Gasteiger partial charge in [-0.15, -0.1) is 10.2 Å². The van der Waals surface area contributed by atoms with Crippen LogP contribution in [-0.4, -0.2) is 28.9 Å². The topological polar surface area (TPSA) is 74.5 Å². The first-order chi connectivity index (χ1) is 14.2. The van der Waals surface area contributed by atoms with Crippen LogP contribution in [0.15, 0.2) is 52.9 Å². The molecule has 0 radical (unpaired) electrons. The van der Waals surface area contributed by atoms with Crippen LogP contribution in [0.1, 0.15) is 40.4 Å². The van der Waals surface area contributed by atoms with E-state index in [0.717, 1.165) is 11.1 Å². The second-order valence-corrected chi connectivity index (χ2v) is 6.66. The summed E-state index contributed by atoms with van der Waals surface area (Å²) in [4.78, 5) is 12.3. The van der Waals surface area contributed by atoms with Gasteiger partial charge in [0.1, 0.15) is 6.61 Å². The highest BCUT2D eigenvalue weighted by Gasteiger charge is 2.27. The molecule has 0 bridgehead atoms. The van der Waals surface area contributed by atoms with Crippen LogP contribution in [0, 0.1) is 6.92 Å². The number of aromatic nitrogens is 2. The van der Waals surface area contributed by atoms with Crippen molar-refractivity contribution in [1.82, 2.24) is 10.2 Å². The standard InChI is InChI=1S/C21H19F3N2O4/c1-13-3-7-16(8-4-13)19-26-25-18(30-19)14(2)29-20(27)17-9-5-15(6-10-17)11-28-12-21(22,23)24/h3-10,14H,11-12H2,1-2H3. The molecule has 0 aliphatic carbocycles. The van der Waals surface area contributed by atoms with Gasteiger partial charge in [-0.3, -0.25) is 0 Å². The summed E-state index contributed by atoms with van der Waals surface area (Å²) >= 11 is 0. The largest absolute Gasteiger partial charge is 0.449 e. The van der Waals surface area contributed by atoms with Crippen LogP contribution >= 0.6 is 0 Å². The molecule has 30 heavy (non-hydrogen) atoms. The molecule has 158 valence electrons. The highest BCUT2D eigenvalue weighted by Crippen LogP contribution is 2.23. The van der Waals surface area contributed by atoms with Crippen LogP contribution in [0.25, 0.3) is 11.5 Å². The van der Waals surface area contributed by atoms with Gasteiger partial charge >= 0.3 is 12.1 Å². The lowest BCUT2D eigenvalue weighted by molar-refractivity contribution is -0.176. The molecule has 0 spiro atoms. The fourth-order valence-corrected chi connectivity index (χ4v) is 2.51. The molecule has 3 rings (SSSR count). The fraction of sp³-hybridized carbons (Fsp3) is 0.286.